The van der Waals surface area contributed by atoms with Crippen LogP contribution < -0.4 is 0 Å². The molecule has 1 heterocycles. The van der Waals surface area contributed by atoms with Crippen LogP contribution in [0.5, 0.6) is 0 Å². The number of carboxylic acids is 1. The Hall–Kier alpha value is -0.350. The van der Waals surface area contributed by atoms with Crippen molar-refractivity contribution >= 4 is 33.2 Å². The molecule has 2 atom stereocenters. The van der Waals surface area contributed by atoms with E-state index in [2.05, 4.69) is 22.0 Å². The van der Waals surface area contributed by atoms with Gasteiger partial charge in [0, 0.05) is 20.1 Å². The van der Waals surface area contributed by atoms with E-state index < -0.39 is 5.97 Å². The first-order valence-electron chi connectivity index (χ1n) is 4.84. The quantitative estimate of drug-likeness (QED) is 0.902. The number of aryl methyl sites for hydroxylation is 1. The van der Waals surface area contributed by atoms with Crippen LogP contribution in [0.4, 0.5) is 0 Å². The molecule has 0 amide bonds. The van der Waals surface area contributed by atoms with Gasteiger partial charge in [-0.15, -0.1) is 11.3 Å². The van der Waals surface area contributed by atoms with E-state index in [1.165, 1.54) is 9.75 Å². The maximum atomic E-state index is 11.0. The van der Waals surface area contributed by atoms with Crippen molar-refractivity contribution in [2.24, 2.45) is 11.3 Å². The Morgan fingerprint density at radius 3 is 2.53 bits per heavy atom. The first-order chi connectivity index (χ1) is 6.85. The van der Waals surface area contributed by atoms with Crippen molar-refractivity contribution in [3.63, 3.8) is 0 Å². The number of rotatable bonds is 2. The second kappa shape index (κ2) is 3.32. The van der Waals surface area contributed by atoms with Crippen molar-refractivity contribution in [2.75, 3.05) is 0 Å². The Morgan fingerprint density at radius 2 is 2.20 bits per heavy atom. The van der Waals surface area contributed by atoms with E-state index in [1.807, 2.05) is 20.8 Å². The number of carboxylic acid groups (broad SMARTS) is 1. The number of hydrogen-bond acceptors (Lipinski definition) is 2. The Kier molecular flexibility index (Phi) is 2.47. The summed E-state index contributed by atoms with van der Waals surface area (Å²) in [4.78, 5) is 13.5. The number of thiophene rings is 1. The first kappa shape index (κ1) is 11.1. The van der Waals surface area contributed by atoms with Gasteiger partial charge in [0.1, 0.15) is 0 Å². The predicted octanol–water partition coefficient (Wildman–Crippen LogP) is 3.64. The highest BCUT2D eigenvalue weighted by atomic mass is 79.9. The molecular formula is C11H13BrO2S. The lowest BCUT2D eigenvalue weighted by Gasteiger charge is -1.98. The van der Waals surface area contributed by atoms with Gasteiger partial charge in [0.2, 0.25) is 0 Å². The maximum Gasteiger partial charge on any atom is 0.307 e. The zero-order valence-corrected chi connectivity index (χ0v) is 11.3. The molecule has 1 N–H and O–H groups in total. The van der Waals surface area contributed by atoms with Crippen LogP contribution in [0.2, 0.25) is 0 Å². The van der Waals surface area contributed by atoms with Crippen LogP contribution in [0.25, 0.3) is 0 Å². The molecule has 1 aliphatic rings. The minimum absolute atomic E-state index is 0.0947. The summed E-state index contributed by atoms with van der Waals surface area (Å²) >= 11 is 5.17. The molecular weight excluding hydrogens is 276 g/mol. The molecule has 4 heteroatoms. The average molecular weight is 289 g/mol. The van der Waals surface area contributed by atoms with Gasteiger partial charge < -0.3 is 5.11 Å². The lowest BCUT2D eigenvalue weighted by Crippen LogP contribution is -2.02. The summed E-state index contributed by atoms with van der Waals surface area (Å²) in [7, 11) is 0. The van der Waals surface area contributed by atoms with E-state index in [0.29, 0.717) is 0 Å². The largest absolute Gasteiger partial charge is 0.481 e. The van der Waals surface area contributed by atoms with Gasteiger partial charge in [-0.1, -0.05) is 13.8 Å². The first-order valence-corrected chi connectivity index (χ1v) is 6.45. The van der Waals surface area contributed by atoms with E-state index in [9.17, 15) is 4.79 Å². The number of carbonyl (C=O) groups is 1. The highest BCUT2D eigenvalue weighted by Gasteiger charge is 2.63. The van der Waals surface area contributed by atoms with Crippen molar-refractivity contribution in [1.29, 1.82) is 0 Å². The van der Waals surface area contributed by atoms with E-state index in [1.54, 1.807) is 11.3 Å². The minimum atomic E-state index is -0.674. The molecule has 0 aromatic carbocycles. The van der Waals surface area contributed by atoms with Gasteiger partial charge in [-0.3, -0.25) is 4.79 Å². The smallest absolute Gasteiger partial charge is 0.307 e. The second-order valence-electron chi connectivity index (χ2n) is 4.67. The molecule has 0 aliphatic heterocycles. The molecule has 1 aromatic rings. The van der Waals surface area contributed by atoms with Crippen LogP contribution in [0.3, 0.4) is 0 Å². The van der Waals surface area contributed by atoms with Crippen LogP contribution in [-0.2, 0) is 4.79 Å². The monoisotopic (exact) mass is 288 g/mol. The fourth-order valence-corrected chi connectivity index (χ4v) is 4.16. The lowest BCUT2D eigenvalue weighted by atomic mass is 10.1. The van der Waals surface area contributed by atoms with Crippen molar-refractivity contribution in [1.82, 2.24) is 0 Å². The molecule has 0 saturated heterocycles. The van der Waals surface area contributed by atoms with Gasteiger partial charge in [-0.25, -0.2) is 0 Å². The Balaban J connectivity index is 2.31. The van der Waals surface area contributed by atoms with Crippen LogP contribution in [0, 0.1) is 18.3 Å². The predicted molar refractivity (Wildman–Crippen MR) is 64.4 cm³/mol. The third kappa shape index (κ3) is 1.64. The standard InChI is InChI=1S/C11H13BrO2S/c1-5-6(12)4-7(15-5)8-9(10(13)14)11(8,2)3/h4,8-9H,1-3H3,(H,13,14)/t8-,9+/m0/s1. The Bertz CT molecular complexity index is 403. The third-order valence-corrected chi connectivity index (χ3v) is 5.50. The maximum absolute atomic E-state index is 11.0. The zero-order valence-electron chi connectivity index (χ0n) is 8.87. The summed E-state index contributed by atoms with van der Waals surface area (Å²) in [5.41, 5.74) is -0.0947. The lowest BCUT2D eigenvalue weighted by molar-refractivity contribution is -0.139. The number of halogens is 1. The molecule has 1 saturated carbocycles. The molecule has 1 aliphatic carbocycles. The van der Waals surface area contributed by atoms with Crippen molar-refractivity contribution < 1.29 is 9.90 Å². The van der Waals surface area contributed by atoms with E-state index in [0.717, 1.165) is 4.47 Å². The zero-order chi connectivity index (χ0) is 11.4. The molecule has 82 valence electrons. The van der Waals surface area contributed by atoms with Gasteiger partial charge in [0.15, 0.2) is 0 Å². The third-order valence-electron chi connectivity index (χ3n) is 3.28. The summed E-state index contributed by atoms with van der Waals surface area (Å²) in [6.45, 7) is 6.10. The molecule has 0 unspecified atom stereocenters. The normalized spacial score (nSPS) is 27.7. The van der Waals surface area contributed by atoms with Crippen molar-refractivity contribution in [3.05, 3.63) is 20.3 Å². The molecule has 2 nitrogen and oxygen atoms in total. The molecule has 0 spiro atoms. The molecule has 0 radical (unpaired) electrons. The summed E-state index contributed by atoms with van der Waals surface area (Å²) < 4.78 is 1.09. The second-order valence-corrected chi connectivity index (χ2v) is 6.81. The molecule has 1 fully saturated rings. The van der Waals surface area contributed by atoms with Gasteiger partial charge in [0.05, 0.1) is 5.92 Å². The van der Waals surface area contributed by atoms with Gasteiger partial charge in [-0.05, 0) is 34.3 Å². The van der Waals surface area contributed by atoms with Crippen LogP contribution in [-0.4, -0.2) is 11.1 Å². The highest BCUT2D eigenvalue weighted by molar-refractivity contribution is 9.10. The molecule has 0 bridgehead atoms. The summed E-state index contributed by atoms with van der Waals surface area (Å²) in [5, 5.41) is 9.09. The topological polar surface area (TPSA) is 37.3 Å². The van der Waals surface area contributed by atoms with Gasteiger partial charge >= 0.3 is 5.97 Å². The average Bonchev–Trinajstić information content (AvgIpc) is 2.52. The summed E-state index contributed by atoms with van der Waals surface area (Å²) in [6, 6.07) is 2.06. The summed E-state index contributed by atoms with van der Waals surface area (Å²) in [6.07, 6.45) is 0. The molecule has 15 heavy (non-hydrogen) atoms. The van der Waals surface area contributed by atoms with E-state index >= 15 is 0 Å². The van der Waals surface area contributed by atoms with Crippen molar-refractivity contribution in [2.45, 2.75) is 26.7 Å². The fourth-order valence-electron chi connectivity index (χ4n) is 2.26. The van der Waals surface area contributed by atoms with Crippen LogP contribution >= 0.6 is 27.3 Å². The van der Waals surface area contributed by atoms with Gasteiger partial charge in [-0.2, -0.15) is 0 Å². The Morgan fingerprint density at radius 1 is 1.60 bits per heavy atom. The van der Waals surface area contributed by atoms with E-state index in [4.69, 9.17) is 5.11 Å². The highest BCUT2D eigenvalue weighted by Crippen LogP contribution is 2.65. The van der Waals surface area contributed by atoms with Gasteiger partial charge in [0.25, 0.3) is 0 Å². The Labute approximate surface area is 101 Å². The van der Waals surface area contributed by atoms with Crippen molar-refractivity contribution in [3.8, 4) is 0 Å². The summed E-state index contributed by atoms with van der Waals surface area (Å²) in [5.74, 6) is -0.709. The minimum Gasteiger partial charge on any atom is -0.481 e. The van der Waals surface area contributed by atoms with Crippen LogP contribution in [0.15, 0.2) is 10.5 Å². The fraction of sp³-hybridized carbons (Fsp3) is 0.545. The molecule has 1 aromatic heterocycles. The number of aliphatic carboxylic acids is 1. The van der Waals surface area contributed by atoms with Crippen LogP contribution in [0.1, 0.15) is 29.5 Å². The van der Waals surface area contributed by atoms with E-state index in [-0.39, 0.29) is 17.3 Å². The number of hydrogen-bond donors (Lipinski definition) is 1. The SMILES string of the molecule is Cc1sc([C@H]2[C@H](C(=O)O)C2(C)C)cc1Br. The molecule has 2 rings (SSSR count).